The lowest BCUT2D eigenvalue weighted by Crippen LogP contribution is -2.08. The average molecular weight is 328 g/mol. The zero-order valence-corrected chi connectivity index (χ0v) is 15.2. The third-order valence-electron chi connectivity index (χ3n) is 4.16. The van der Waals surface area contributed by atoms with Gasteiger partial charge in [-0.3, -0.25) is 0 Å². The quantitative estimate of drug-likeness (QED) is 0.612. The molecule has 0 amide bonds. The fourth-order valence-corrected chi connectivity index (χ4v) is 3.04. The molecule has 2 aromatic rings. The van der Waals surface area contributed by atoms with Crippen LogP contribution in [0.4, 0.5) is 5.69 Å². The fourth-order valence-electron chi connectivity index (χ4n) is 2.86. The minimum atomic E-state index is 0.486. The Morgan fingerprint density at radius 3 is 2.17 bits per heavy atom. The first-order chi connectivity index (χ1) is 10.9. The van der Waals surface area contributed by atoms with Crippen molar-refractivity contribution in [2.75, 3.05) is 5.32 Å². The Labute approximate surface area is 145 Å². The van der Waals surface area contributed by atoms with Gasteiger partial charge < -0.3 is 5.32 Å². The molecule has 0 spiro atoms. The lowest BCUT2D eigenvalue weighted by molar-refractivity contribution is 0.832. The maximum Gasteiger partial charge on any atom is 0.0413 e. The maximum atomic E-state index is 6.08. The van der Waals surface area contributed by atoms with Crippen molar-refractivity contribution in [2.24, 2.45) is 0 Å². The summed E-state index contributed by atoms with van der Waals surface area (Å²) in [6, 6.07) is 12.6. The molecule has 0 saturated carbocycles. The van der Waals surface area contributed by atoms with Crippen LogP contribution in [0.15, 0.2) is 43.0 Å². The second kappa shape index (κ2) is 7.70. The second-order valence-corrected chi connectivity index (χ2v) is 6.96. The van der Waals surface area contributed by atoms with Gasteiger partial charge in [0.15, 0.2) is 0 Å². The van der Waals surface area contributed by atoms with Crippen LogP contribution in [0.1, 0.15) is 61.8 Å². The predicted molar refractivity (Wildman–Crippen MR) is 103 cm³/mol. The van der Waals surface area contributed by atoms with Gasteiger partial charge in [0.2, 0.25) is 0 Å². The first-order valence-corrected chi connectivity index (χ1v) is 8.59. The minimum Gasteiger partial charge on any atom is -0.380 e. The standard InChI is InChI=1S/C21H26ClN/c1-6-16-12-18(22)11-10-17(16)13-23-21-19(14(2)3)8-7-9-20(21)15(4)5/h6-12,14-15,23H,1,13H2,2-5H3. The summed E-state index contributed by atoms with van der Waals surface area (Å²) < 4.78 is 0. The number of rotatable bonds is 6. The number of anilines is 1. The summed E-state index contributed by atoms with van der Waals surface area (Å²) in [7, 11) is 0. The van der Waals surface area contributed by atoms with Crippen LogP contribution >= 0.6 is 11.6 Å². The van der Waals surface area contributed by atoms with Crippen molar-refractivity contribution in [1.29, 1.82) is 0 Å². The van der Waals surface area contributed by atoms with E-state index in [1.54, 1.807) is 0 Å². The number of hydrogen-bond donors (Lipinski definition) is 1. The van der Waals surface area contributed by atoms with E-state index < -0.39 is 0 Å². The maximum absolute atomic E-state index is 6.08. The topological polar surface area (TPSA) is 12.0 Å². The molecule has 122 valence electrons. The molecule has 0 radical (unpaired) electrons. The first kappa shape index (κ1) is 17.6. The minimum absolute atomic E-state index is 0.486. The van der Waals surface area contributed by atoms with Gasteiger partial charge in [-0.2, -0.15) is 0 Å². The molecule has 1 N–H and O–H groups in total. The van der Waals surface area contributed by atoms with E-state index in [0.717, 1.165) is 17.1 Å². The van der Waals surface area contributed by atoms with Crippen molar-refractivity contribution in [3.05, 3.63) is 70.3 Å². The molecular formula is C21H26ClN. The smallest absolute Gasteiger partial charge is 0.0413 e. The molecule has 23 heavy (non-hydrogen) atoms. The van der Waals surface area contributed by atoms with E-state index in [1.807, 2.05) is 18.2 Å². The molecule has 0 aromatic heterocycles. The van der Waals surface area contributed by atoms with Gasteiger partial charge in [0.1, 0.15) is 0 Å². The summed E-state index contributed by atoms with van der Waals surface area (Å²) >= 11 is 6.08. The third-order valence-corrected chi connectivity index (χ3v) is 4.39. The molecule has 2 aromatic carbocycles. The van der Waals surface area contributed by atoms with Gasteiger partial charge in [-0.25, -0.2) is 0 Å². The van der Waals surface area contributed by atoms with Gasteiger partial charge in [-0.1, -0.05) is 76.2 Å². The van der Waals surface area contributed by atoms with Gasteiger partial charge in [0.05, 0.1) is 0 Å². The van der Waals surface area contributed by atoms with Crippen LogP contribution in [0.25, 0.3) is 6.08 Å². The van der Waals surface area contributed by atoms with Crippen molar-refractivity contribution in [3.63, 3.8) is 0 Å². The molecule has 1 nitrogen and oxygen atoms in total. The molecule has 0 unspecified atom stereocenters. The lowest BCUT2D eigenvalue weighted by Gasteiger charge is -2.21. The summed E-state index contributed by atoms with van der Waals surface area (Å²) in [6.45, 7) is 13.6. The van der Waals surface area contributed by atoms with Crippen molar-refractivity contribution in [2.45, 2.75) is 46.1 Å². The van der Waals surface area contributed by atoms with Crippen LogP contribution in [0, 0.1) is 0 Å². The van der Waals surface area contributed by atoms with E-state index in [2.05, 4.69) is 63.9 Å². The lowest BCUT2D eigenvalue weighted by atomic mass is 9.92. The number of para-hydroxylation sites is 1. The Hall–Kier alpha value is -1.73. The van der Waals surface area contributed by atoms with Crippen LogP contribution in [0.2, 0.25) is 5.02 Å². The fraction of sp³-hybridized carbons (Fsp3) is 0.333. The number of hydrogen-bond acceptors (Lipinski definition) is 1. The van der Waals surface area contributed by atoms with Crippen LogP contribution in [-0.4, -0.2) is 0 Å². The molecule has 0 aliphatic heterocycles. The van der Waals surface area contributed by atoms with Crippen molar-refractivity contribution in [3.8, 4) is 0 Å². The SMILES string of the molecule is C=Cc1cc(Cl)ccc1CNc1c(C(C)C)cccc1C(C)C. The normalized spacial score (nSPS) is 11.1. The average Bonchev–Trinajstić information content (AvgIpc) is 2.52. The second-order valence-electron chi connectivity index (χ2n) is 6.52. The summed E-state index contributed by atoms with van der Waals surface area (Å²) in [4.78, 5) is 0. The van der Waals surface area contributed by atoms with Gasteiger partial charge in [0, 0.05) is 17.3 Å². The molecule has 0 atom stereocenters. The van der Waals surface area contributed by atoms with E-state index in [1.165, 1.54) is 22.4 Å². The van der Waals surface area contributed by atoms with Crippen LogP contribution in [-0.2, 0) is 6.54 Å². The van der Waals surface area contributed by atoms with Gasteiger partial charge in [0.25, 0.3) is 0 Å². The van der Waals surface area contributed by atoms with E-state index >= 15 is 0 Å². The van der Waals surface area contributed by atoms with E-state index in [4.69, 9.17) is 11.6 Å². The Kier molecular flexibility index (Phi) is 5.90. The van der Waals surface area contributed by atoms with E-state index in [9.17, 15) is 0 Å². The molecule has 0 bridgehead atoms. The zero-order chi connectivity index (χ0) is 17.0. The molecule has 0 saturated heterocycles. The third kappa shape index (κ3) is 4.17. The highest BCUT2D eigenvalue weighted by Crippen LogP contribution is 2.33. The van der Waals surface area contributed by atoms with Crippen LogP contribution in [0.5, 0.6) is 0 Å². The molecule has 0 heterocycles. The van der Waals surface area contributed by atoms with Crippen LogP contribution < -0.4 is 5.32 Å². The Morgan fingerprint density at radius 1 is 1.04 bits per heavy atom. The largest absolute Gasteiger partial charge is 0.380 e. The summed E-state index contributed by atoms with van der Waals surface area (Å²) in [5, 5.41) is 4.41. The van der Waals surface area contributed by atoms with Crippen molar-refractivity contribution in [1.82, 2.24) is 0 Å². The molecule has 0 aliphatic rings. The number of nitrogens with one attached hydrogen (secondary N) is 1. The summed E-state index contributed by atoms with van der Waals surface area (Å²) in [6.07, 6.45) is 1.86. The first-order valence-electron chi connectivity index (χ1n) is 8.21. The molecule has 0 fully saturated rings. The van der Waals surface area contributed by atoms with Crippen LogP contribution in [0.3, 0.4) is 0 Å². The van der Waals surface area contributed by atoms with E-state index in [0.29, 0.717) is 11.8 Å². The summed E-state index contributed by atoms with van der Waals surface area (Å²) in [5.74, 6) is 0.973. The van der Waals surface area contributed by atoms with Gasteiger partial charge in [-0.05, 0) is 46.2 Å². The number of benzene rings is 2. The van der Waals surface area contributed by atoms with Crippen molar-refractivity contribution < 1.29 is 0 Å². The Bertz CT molecular complexity index is 660. The monoisotopic (exact) mass is 327 g/mol. The highest BCUT2D eigenvalue weighted by atomic mass is 35.5. The Morgan fingerprint density at radius 2 is 1.65 bits per heavy atom. The zero-order valence-electron chi connectivity index (χ0n) is 14.5. The predicted octanol–water partition coefficient (Wildman–Crippen LogP) is 6.84. The highest BCUT2D eigenvalue weighted by molar-refractivity contribution is 6.30. The summed E-state index contributed by atoms with van der Waals surface area (Å²) in [5.41, 5.74) is 6.29. The van der Waals surface area contributed by atoms with Crippen molar-refractivity contribution >= 4 is 23.4 Å². The molecular weight excluding hydrogens is 302 g/mol. The highest BCUT2D eigenvalue weighted by Gasteiger charge is 2.13. The van der Waals surface area contributed by atoms with Gasteiger partial charge in [-0.15, -0.1) is 0 Å². The molecule has 2 rings (SSSR count). The van der Waals surface area contributed by atoms with Gasteiger partial charge >= 0.3 is 0 Å². The van der Waals surface area contributed by atoms with E-state index in [-0.39, 0.29) is 0 Å². The molecule has 0 aliphatic carbocycles. The molecule has 2 heteroatoms. The number of halogens is 1. The Balaban J connectivity index is 2.35.